The Morgan fingerprint density at radius 1 is 1.25 bits per heavy atom. The Bertz CT molecular complexity index is 1320. The SMILES string of the molecule is Cn1c(=O)c2c(ncn2CC(=O)NCCn2nc(C(F)(F)F)c3c2CCOC3)n(C)c1=O. The number of aryl methyl sites for hydroxylation is 1. The molecule has 0 bridgehead atoms. The zero-order valence-corrected chi connectivity index (χ0v) is 17.3. The normalized spacial score (nSPS) is 14.0. The van der Waals surface area contributed by atoms with Crippen molar-refractivity contribution in [1.82, 2.24) is 33.8 Å². The number of carbonyl (C=O) groups is 1. The average molecular weight is 455 g/mol. The smallest absolute Gasteiger partial charge is 0.376 e. The van der Waals surface area contributed by atoms with E-state index in [1.54, 1.807) is 0 Å². The number of nitrogens with one attached hydrogen (secondary N) is 1. The molecule has 4 rings (SSSR count). The van der Waals surface area contributed by atoms with Crippen LogP contribution < -0.4 is 16.6 Å². The maximum Gasteiger partial charge on any atom is 0.435 e. The molecule has 0 unspecified atom stereocenters. The monoisotopic (exact) mass is 455 g/mol. The van der Waals surface area contributed by atoms with E-state index in [1.807, 2.05) is 0 Å². The maximum absolute atomic E-state index is 13.2. The molecule has 0 atom stereocenters. The molecule has 0 aromatic carbocycles. The lowest BCUT2D eigenvalue weighted by atomic mass is 10.1. The van der Waals surface area contributed by atoms with Gasteiger partial charge in [-0.1, -0.05) is 0 Å². The number of hydrogen-bond acceptors (Lipinski definition) is 6. The van der Waals surface area contributed by atoms with E-state index in [9.17, 15) is 27.6 Å². The summed E-state index contributed by atoms with van der Waals surface area (Å²) in [5.74, 6) is -0.472. The second kappa shape index (κ2) is 7.93. The van der Waals surface area contributed by atoms with Gasteiger partial charge in [0.15, 0.2) is 16.9 Å². The Morgan fingerprint density at radius 2 is 2.00 bits per heavy atom. The summed E-state index contributed by atoms with van der Waals surface area (Å²) in [4.78, 5) is 40.8. The highest BCUT2D eigenvalue weighted by atomic mass is 19.4. The molecule has 1 amide bonds. The standard InChI is InChI=1S/C18H20F3N7O4/c1-25-15-13(16(30)26(2)17(25)31)27(9-23-15)7-12(29)22-4-5-28-11-3-6-32-8-10(11)14(24-28)18(19,20)21/h9H,3-8H2,1-2H3,(H,22,29). The van der Waals surface area contributed by atoms with E-state index in [4.69, 9.17) is 4.74 Å². The molecule has 14 heteroatoms. The Labute approximate surface area is 178 Å². The van der Waals surface area contributed by atoms with Crippen molar-refractivity contribution in [2.45, 2.75) is 32.3 Å². The van der Waals surface area contributed by atoms with Gasteiger partial charge >= 0.3 is 11.9 Å². The van der Waals surface area contributed by atoms with Crippen LogP contribution in [0.3, 0.4) is 0 Å². The predicted molar refractivity (Wildman–Crippen MR) is 104 cm³/mol. The molecule has 0 spiro atoms. The number of halogens is 3. The summed E-state index contributed by atoms with van der Waals surface area (Å²) in [6.45, 7) is -0.0165. The molecule has 1 aliphatic heterocycles. The molecule has 3 aromatic rings. The van der Waals surface area contributed by atoms with Crippen LogP contribution in [0.15, 0.2) is 15.9 Å². The van der Waals surface area contributed by atoms with Crippen LogP contribution in [-0.4, -0.2) is 47.5 Å². The number of imidazole rings is 1. The Kier molecular flexibility index (Phi) is 5.40. The van der Waals surface area contributed by atoms with Crippen LogP contribution >= 0.6 is 0 Å². The van der Waals surface area contributed by atoms with Crippen molar-refractivity contribution >= 4 is 17.1 Å². The molecule has 0 fully saturated rings. The van der Waals surface area contributed by atoms with Crippen molar-refractivity contribution < 1.29 is 22.7 Å². The second-order valence-electron chi connectivity index (χ2n) is 7.40. The van der Waals surface area contributed by atoms with Gasteiger partial charge in [-0.3, -0.25) is 23.4 Å². The lowest BCUT2D eigenvalue weighted by Gasteiger charge is -2.15. The highest BCUT2D eigenvalue weighted by molar-refractivity contribution is 5.78. The van der Waals surface area contributed by atoms with Crippen LogP contribution in [-0.2, 0) is 55.9 Å². The number of aromatic nitrogens is 6. The number of rotatable bonds is 5. The summed E-state index contributed by atoms with van der Waals surface area (Å²) >= 11 is 0. The first-order valence-corrected chi connectivity index (χ1v) is 9.70. The number of amides is 1. The lowest BCUT2D eigenvalue weighted by molar-refractivity contribution is -0.142. The molecule has 1 aliphatic rings. The molecule has 0 saturated heterocycles. The number of nitrogens with zero attached hydrogens (tertiary/aromatic N) is 6. The molecule has 0 saturated carbocycles. The highest BCUT2D eigenvalue weighted by Crippen LogP contribution is 2.34. The number of fused-ring (bicyclic) bond motifs is 2. The van der Waals surface area contributed by atoms with Gasteiger partial charge in [-0.2, -0.15) is 18.3 Å². The van der Waals surface area contributed by atoms with Gasteiger partial charge in [0, 0.05) is 38.3 Å². The van der Waals surface area contributed by atoms with Crippen LogP contribution in [0, 0.1) is 0 Å². The van der Waals surface area contributed by atoms with E-state index in [0.717, 1.165) is 4.57 Å². The Balaban J connectivity index is 1.47. The first-order chi connectivity index (χ1) is 15.1. The molecule has 1 N–H and O–H groups in total. The van der Waals surface area contributed by atoms with Crippen molar-refractivity contribution in [1.29, 1.82) is 0 Å². The molecule has 32 heavy (non-hydrogen) atoms. The lowest BCUT2D eigenvalue weighted by Crippen LogP contribution is -2.38. The van der Waals surface area contributed by atoms with E-state index < -0.39 is 29.0 Å². The summed E-state index contributed by atoms with van der Waals surface area (Å²) in [5.41, 5.74) is -1.37. The number of carbonyl (C=O) groups excluding carboxylic acids is 1. The van der Waals surface area contributed by atoms with E-state index in [2.05, 4.69) is 15.4 Å². The first kappa shape index (κ1) is 21.8. The zero-order valence-electron chi connectivity index (χ0n) is 17.3. The van der Waals surface area contributed by atoms with Crippen LogP contribution in [0.4, 0.5) is 13.2 Å². The van der Waals surface area contributed by atoms with Crippen LogP contribution in [0.25, 0.3) is 11.2 Å². The Morgan fingerprint density at radius 3 is 2.72 bits per heavy atom. The van der Waals surface area contributed by atoms with Gasteiger partial charge in [0.1, 0.15) is 6.54 Å². The molecule has 0 aliphatic carbocycles. The maximum atomic E-state index is 13.2. The fraction of sp³-hybridized carbons (Fsp3) is 0.500. The van der Waals surface area contributed by atoms with Crippen molar-refractivity contribution in [3.63, 3.8) is 0 Å². The van der Waals surface area contributed by atoms with Crippen LogP contribution in [0.2, 0.25) is 0 Å². The van der Waals surface area contributed by atoms with Gasteiger partial charge in [-0.05, 0) is 0 Å². The van der Waals surface area contributed by atoms with Gasteiger partial charge in [0.25, 0.3) is 5.56 Å². The molecular formula is C18H20F3N7O4. The van der Waals surface area contributed by atoms with Crippen molar-refractivity contribution in [2.24, 2.45) is 14.1 Å². The van der Waals surface area contributed by atoms with E-state index in [0.29, 0.717) is 18.7 Å². The van der Waals surface area contributed by atoms with Gasteiger partial charge in [-0.15, -0.1) is 0 Å². The van der Waals surface area contributed by atoms with E-state index in [-0.39, 0.29) is 43.0 Å². The fourth-order valence-corrected chi connectivity index (χ4v) is 3.75. The van der Waals surface area contributed by atoms with E-state index in [1.165, 1.54) is 34.2 Å². The topological polar surface area (TPSA) is 118 Å². The molecular weight excluding hydrogens is 435 g/mol. The third-order valence-electron chi connectivity index (χ3n) is 5.34. The second-order valence-corrected chi connectivity index (χ2v) is 7.40. The zero-order chi connectivity index (χ0) is 23.2. The fourth-order valence-electron chi connectivity index (χ4n) is 3.75. The van der Waals surface area contributed by atoms with Gasteiger partial charge in [-0.25, -0.2) is 9.78 Å². The molecule has 0 radical (unpaired) electrons. The minimum atomic E-state index is -4.59. The summed E-state index contributed by atoms with van der Waals surface area (Å²) in [7, 11) is 2.79. The quantitative estimate of drug-likeness (QED) is 0.556. The third kappa shape index (κ3) is 3.70. The summed E-state index contributed by atoms with van der Waals surface area (Å²) in [6, 6.07) is 0. The summed E-state index contributed by atoms with van der Waals surface area (Å²) < 4.78 is 49.5. The third-order valence-corrected chi connectivity index (χ3v) is 5.34. The van der Waals surface area contributed by atoms with Crippen molar-refractivity contribution in [3.05, 3.63) is 44.1 Å². The predicted octanol–water partition coefficient (Wildman–Crippen LogP) is -0.462. The number of hydrogen-bond donors (Lipinski definition) is 1. The molecule has 172 valence electrons. The largest absolute Gasteiger partial charge is 0.435 e. The van der Waals surface area contributed by atoms with E-state index >= 15 is 0 Å². The molecule has 3 aromatic heterocycles. The van der Waals surface area contributed by atoms with Crippen molar-refractivity contribution in [2.75, 3.05) is 13.2 Å². The molecule has 4 heterocycles. The van der Waals surface area contributed by atoms with Crippen molar-refractivity contribution in [3.8, 4) is 0 Å². The highest BCUT2D eigenvalue weighted by Gasteiger charge is 2.39. The van der Waals surface area contributed by atoms with Crippen LogP contribution in [0.5, 0.6) is 0 Å². The number of ether oxygens (including phenoxy) is 1. The molecule has 11 nitrogen and oxygen atoms in total. The summed E-state index contributed by atoms with van der Waals surface area (Å²) in [5, 5.41) is 6.30. The van der Waals surface area contributed by atoms with Gasteiger partial charge in [0.05, 0.1) is 26.1 Å². The Hall–Kier alpha value is -3.42. The van der Waals surface area contributed by atoms with Gasteiger partial charge in [0.2, 0.25) is 5.91 Å². The van der Waals surface area contributed by atoms with Crippen LogP contribution in [0.1, 0.15) is 17.0 Å². The minimum absolute atomic E-state index is 0.0291. The van der Waals surface area contributed by atoms with Gasteiger partial charge < -0.3 is 14.6 Å². The first-order valence-electron chi connectivity index (χ1n) is 9.70. The number of alkyl halides is 3. The minimum Gasteiger partial charge on any atom is -0.376 e. The summed E-state index contributed by atoms with van der Waals surface area (Å²) in [6.07, 6.45) is -3.01. The average Bonchev–Trinajstić information content (AvgIpc) is 3.33.